The Kier molecular flexibility index (Phi) is 10.8. The number of methoxy groups -OCH3 is 3. The predicted molar refractivity (Wildman–Crippen MR) is 185 cm³/mol. The normalized spacial score (nSPS) is 12.5. The van der Waals surface area contributed by atoms with Crippen LogP contribution in [0.4, 0.5) is 0 Å². The summed E-state index contributed by atoms with van der Waals surface area (Å²) < 4.78 is 89.2. The minimum atomic E-state index is -4.55. The number of rotatable bonds is 13. The van der Waals surface area contributed by atoms with Crippen molar-refractivity contribution in [3.8, 4) is 17.2 Å². The van der Waals surface area contributed by atoms with Gasteiger partial charge in [-0.3, -0.25) is 9.97 Å². The maximum Gasteiger partial charge on any atom is 0.338 e. The van der Waals surface area contributed by atoms with Crippen molar-refractivity contribution in [2.45, 2.75) is 46.4 Å². The number of carbonyl (C=O) groups is 1. The zero-order chi connectivity index (χ0) is 36.4. The molecule has 2 aromatic heterocycles. The molecule has 3 aromatic carbocycles. The van der Waals surface area contributed by atoms with Gasteiger partial charge in [0.2, 0.25) is 9.84 Å². The number of aromatic nitrogens is 3. The fraction of sp³-hybridized carbons (Fsp3) is 0.265. The number of benzene rings is 3. The number of hydrogen-bond donors (Lipinski definition) is 1. The molecule has 13 nitrogen and oxygen atoms in total. The van der Waals surface area contributed by atoms with Crippen LogP contribution in [-0.4, -0.2) is 76.0 Å². The maximum atomic E-state index is 14.4. The average molecular weight is 742 g/mol. The number of pyridine rings is 1. The van der Waals surface area contributed by atoms with E-state index in [0.29, 0.717) is 11.4 Å². The molecule has 50 heavy (non-hydrogen) atoms. The number of fused-ring (bicyclic) bond motifs is 1. The first-order chi connectivity index (χ1) is 23.7. The molecule has 0 saturated carbocycles. The molecule has 5 aromatic rings. The molecule has 0 aliphatic rings. The van der Waals surface area contributed by atoms with E-state index in [1.54, 1.807) is 31.5 Å². The van der Waals surface area contributed by atoms with Gasteiger partial charge in [-0.05, 0) is 63.2 Å². The van der Waals surface area contributed by atoms with E-state index in [2.05, 4.69) is 15.0 Å². The van der Waals surface area contributed by atoms with E-state index in [4.69, 9.17) is 18.9 Å². The number of esters is 1. The molecule has 0 fully saturated rings. The first-order valence-electron chi connectivity index (χ1n) is 15.1. The van der Waals surface area contributed by atoms with Crippen molar-refractivity contribution in [3.05, 3.63) is 88.7 Å². The van der Waals surface area contributed by atoms with Crippen LogP contribution in [0, 0.1) is 20.8 Å². The number of hydrogen-bond acceptors (Lipinski definition) is 12. The molecule has 0 aliphatic carbocycles. The van der Waals surface area contributed by atoms with Crippen LogP contribution in [0.5, 0.6) is 17.2 Å². The Morgan fingerprint density at radius 3 is 2.24 bits per heavy atom. The van der Waals surface area contributed by atoms with E-state index in [-0.39, 0.29) is 48.8 Å². The Morgan fingerprint density at radius 2 is 1.58 bits per heavy atom. The number of nitrogens with one attached hydrogen (secondary N) is 1. The van der Waals surface area contributed by atoms with Crippen LogP contribution in [0.25, 0.3) is 11.0 Å². The van der Waals surface area contributed by atoms with Gasteiger partial charge in [0, 0.05) is 28.5 Å². The molecule has 0 aliphatic heterocycles. The number of carbonyl (C=O) groups excluding carboxylic acids is 1. The van der Waals surface area contributed by atoms with E-state index >= 15 is 0 Å². The van der Waals surface area contributed by atoms with E-state index in [0.717, 1.165) is 22.8 Å². The molecule has 0 amide bonds. The van der Waals surface area contributed by atoms with E-state index in [1.165, 1.54) is 44.6 Å². The van der Waals surface area contributed by atoms with Crippen molar-refractivity contribution in [2.75, 3.05) is 33.7 Å². The molecule has 16 heteroatoms. The second-order valence-electron chi connectivity index (χ2n) is 11.2. The molecule has 1 N–H and O–H groups in total. The van der Waals surface area contributed by atoms with Crippen molar-refractivity contribution in [2.24, 2.45) is 0 Å². The van der Waals surface area contributed by atoms with Crippen LogP contribution in [0.3, 0.4) is 0 Å². The Labute approximate surface area is 293 Å². The molecule has 5 rings (SSSR count). The molecular formula is C34H35N3O10S3. The third-order valence-electron chi connectivity index (χ3n) is 7.93. The van der Waals surface area contributed by atoms with Crippen LogP contribution in [0.2, 0.25) is 0 Å². The lowest BCUT2D eigenvalue weighted by Crippen LogP contribution is -2.16. The van der Waals surface area contributed by atoms with E-state index < -0.39 is 54.1 Å². The Hall–Kier alpha value is -4.64. The molecule has 264 valence electrons. The Morgan fingerprint density at radius 1 is 0.900 bits per heavy atom. The highest BCUT2D eigenvalue weighted by atomic mass is 32.2. The largest absolute Gasteiger partial charge is 0.609 e. The van der Waals surface area contributed by atoms with Crippen molar-refractivity contribution < 1.29 is 45.1 Å². The number of sulfone groups is 2. The fourth-order valence-electron chi connectivity index (χ4n) is 5.26. The van der Waals surface area contributed by atoms with Crippen molar-refractivity contribution >= 4 is 47.9 Å². The monoisotopic (exact) mass is 741 g/mol. The van der Waals surface area contributed by atoms with Crippen LogP contribution in [-0.2, 0) is 41.3 Å². The molecule has 2 heterocycles. The lowest BCUT2D eigenvalue weighted by Gasteiger charge is -2.14. The zero-order valence-corrected chi connectivity index (χ0v) is 30.5. The first-order valence-corrected chi connectivity index (χ1v) is 19.5. The Balaban J connectivity index is 1.46. The SMILES string of the molecule is COc1ccc(C(=O)OCCS(=O)(=O)c2ccc(C)cc2)cc1S(=O)(=O)c1c(OC)ccc2[nH]c([S+]([O-])Cc3ncc(C)c(OC)c3C)nc12. The van der Waals surface area contributed by atoms with Crippen LogP contribution in [0.1, 0.15) is 32.7 Å². The standard InChI is InChI=1S/C34H35N3O10S3/c1-20-7-10-24(11-8-20)49(40,41)16-15-47-33(38)23-9-13-27(44-4)29(17-23)50(42,43)32-28(45-5)14-12-25-30(32)37-34(36-25)48(39)19-26-22(3)31(46-6)21(2)18-35-26/h7-14,17-18H,15-16,19H2,1-6H3,(H,36,37). The maximum absolute atomic E-state index is 14.4. The van der Waals surface area contributed by atoms with Crippen LogP contribution < -0.4 is 14.2 Å². The van der Waals surface area contributed by atoms with Crippen LogP contribution >= 0.6 is 0 Å². The second kappa shape index (κ2) is 14.7. The highest BCUT2D eigenvalue weighted by molar-refractivity contribution is 7.92. The topological polar surface area (TPSA) is 187 Å². The predicted octanol–water partition coefficient (Wildman–Crippen LogP) is 4.68. The van der Waals surface area contributed by atoms with Crippen molar-refractivity contribution in [1.82, 2.24) is 15.0 Å². The van der Waals surface area contributed by atoms with Gasteiger partial charge in [-0.2, -0.15) is 4.98 Å². The van der Waals surface area contributed by atoms with E-state index in [1.807, 2.05) is 20.8 Å². The summed E-state index contributed by atoms with van der Waals surface area (Å²) in [6.45, 7) is 5.02. The van der Waals surface area contributed by atoms with Gasteiger partial charge in [-0.25, -0.2) is 21.6 Å². The Bertz CT molecular complexity index is 2290. The van der Waals surface area contributed by atoms with Gasteiger partial charge in [0.1, 0.15) is 39.2 Å². The van der Waals surface area contributed by atoms with Gasteiger partial charge in [0.15, 0.2) is 15.6 Å². The summed E-state index contributed by atoms with van der Waals surface area (Å²) in [5, 5.41) is 0.00956. The molecule has 1 atom stereocenters. The smallest absolute Gasteiger partial charge is 0.338 e. The van der Waals surface area contributed by atoms with Gasteiger partial charge in [0.25, 0.3) is 0 Å². The quantitative estimate of drug-likeness (QED) is 0.130. The number of H-pyrrole nitrogens is 1. The summed E-state index contributed by atoms with van der Waals surface area (Å²) in [5.74, 6) is -0.955. The molecule has 1 unspecified atom stereocenters. The summed E-state index contributed by atoms with van der Waals surface area (Å²) in [7, 11) is -4.18. The number of imidazole rings is 1. The number of aromatic amines is 1. The van der Waals surface area contributed by atoms with Gasteiger partial charge in [-0.1, -0.05) is 17.7 Å². The summed E-state index contributed by atoms with van der Waals surface area (Å²) in [6, 6.07) is 12.9. The third-order valence-corrected chi connectivity index (χ3v) is 12.6. The molecule has 0 bridgehead atoms. The number of ether oxygens (including phenoxy) is 4. The van der Waals surface area contributed by atoms with E-state index in [9.17, 15) is 26.2 Å². The lowest BCUT2D eigenvalue weighted by molar-refractivity contribution is 0.0529. The summed E-state index contributed by atoms with van der Waals surface area (Å²) in [6.07, 6.45) is 1.62. The minimum Gasteiger partial charge on any atom is -0.609 e. The van der Waals surface area contributed by atoms with Crippen molar-refractivity contribution in [1.29, 1.82) is 0 Å². The molecule has 0 spiro atoms. The van der Waals surface area contributed by atoms with Gasteiger partial charge in [0.05, 0.1) is 48.8 Å². The zero-order valence-electron chi connectivity index (χ0n) is 28.1. The van der Waals surface area contributed by atoms with Gasteiger partial charge < -0.3 is 23.5 Å². The summed E-state index contributed by atoms with van der Waals surface area (Å²) >= 11 is -1.77. The summed E-state index contributed by atoms with van der Waals surface area (Å²) in [4.78, 5) is 24.2. The van der Waals surface area contributed by atoms with Crippen LogP contribution in [0.15, 0.2) is 80.6 Å². The number of nitrogens with zero attached hydrogens (tertiary/aromatic N) is 2. The average Bonchev–Trinajstić information content (AvgIpc) is 3.53. The summed E-state index contributed by atoms with van der Waals surface area (Å²) in [5.41, 5.74) is 3.02. The lowest BCUT2D eigenvalue weighted by atomic mass is 10.1. The molecule has 0 radical (unpaired) electrons. The molecular weight excluding hydrogens is 707 g/mol. The minimum absolute atomic E-state index is 0.00956. The second-order valence-corrected chi connectivity index (χ2v) is 16.5. The highest BCUT2D eigenvalue weighted by Gasteiger charge is 2.32. The third kappa shape index (κ3) is 7.28. The van der Waals surface area contributed by atoms with Gasteiger partial charge in [-0.15, -0.1) is 0 Å². The highest BCUT2D eigenvalue weighted by Crippen LogP contribution is 2.39. The van der Waals surface area contributed by atoms with Crippen molar-refractivity contribution in [3.63, 3.8) is 0 Å². The van der Waals surface area contributed by atoms with Gasteiger partial charge >= 0.3 is 11.1 Å². The molecule has 0 saturated heterocycles. The number of aryl methyl sites for hydroxylation is 2. The first kappa shape index (κ1) is 36.6. The fourth-order valence-corrected chi connectivity index (χ4v) is 9.19.